The smallest absolute Gasteiger partial charge is 0.332 e. The summed E-state index contributed by atoms with van der Waals surface area (Å²) in [5.74, 6) is 1.43. The molecule has 1 saturated heterocycles. The molecule has 0 bridgehead atoms. The number of anilines is 1. The van der Waals surface area contributed by atoms with Crippen LogP contribution in [0.3, 0.4) is 0 Å². The van der Waals surface area contributed by atoms with Crippen LogP contribution in [0.25, 0.3) is 22.3 Å². The van der Waals surface area contributed by atoms with E-state index in [4.69, 9.17) is 9.40 Å². The van der Waals surface area contributed by atoms with Gasteiger partial charge in [0.25, 0.3) is 10.8 Å². The number of oxazole rings is 1. The highest BCUT2D eigenvalue weighted by molar-refractivity contribution is 7.99. The fourth-order valence-electron chi connectivity index (χ4n) is 4.69. The Morgan fingerprint density at radius 1 is 1.12 bits per heavy atom. The third-order valence-corrected chi connectivity index (χ3v) is 7.31. The molecule has 1 aliphatic heterocycles. The van der Waals surface area contributed by atoms with Gasteiger partial charge in [0.05, 0.1) is 0 Å². The zero-order valence-electron chi connectivity index (χ0n) is 19.2. The van der Waals surface area contributed by atoms with E-state index >= 15 is 0 Å². The van der Waals surface area contributed by atoms with E-state index < -0.39 is 0 Å². The summed E-state index contributed by atoms with van der Waals surface area (Å²) in [6, 6.07) is 8.07. The molecule has 174 valence electrons. The van der Waals surface area contributed by atoms with Gasteiger partial charge in [-0.2, -0.15) is 4.98 Å². The number of piperidine rings is 1. The number of rotatable bonds is 6. The molecule has 4 aromatic rings. The highest BCUT2D eigenvalue weighted by atomic mass is 32.2. The third kappa shape index (κ3) is 3.76. The third-order valence-electron chi connectivity index (χ3n) is 6.50. The number of nitrogens with zero attached hydrogens (tertiary/aromatic N) is 6. The first-order chi connectivity index (χ1) is 16.0. The topological polar surface area (TPSA) is 91.1 Å². The van der Waals surface area contributed by atoms with E-state index in [-0.39, 0.29) is 11.2 Å². The van der Waals surface area contributed by atoms with Crippen LogP contribution in [0.4, 0.5) is 5.95 Å². The highest BCUT2D eigenvalue weighted by Gasteiger charge is 2.28. The normalized spacial score (nSPS) is 16.8. The van der Waals surface area contributed by atoms with Crippen LogP contribution in [0.5, 0.6) is 0 Å². The molecular weight excluding hydrogens is 440 g/mol. The summed E-state index contributed by atoms with van der Waals surface area (Å²) in [6.45, 7) is 3.64. The van der Waals surface area contributed by atoms with Crippen molar-refractivity contribution in [3.05, 3.63) is 45.1 Å². The maximum absolute atomic E-state index is 13.2. The highest BCUT2D eigenvalue weighted by Crippen LogP contribution is 2.29. The molecule has 33 heavy (non-hydrogen) atoms. The van der Waals surface area contributed by atoms with Gasteiger partial charge in [0.2, 0.25) is 5.95 Å². The number of benzene rings is 1. The fraction of sp³-hybridized carbons (Fsp3) is 0.478. The molecule has 1 aliphatic rings. The van der Waals surface area contributed by atoms with Crippen LogP contribution in [0.1, 0.15) is 32.6 Å². The molecule has 1 aromatic carbocycles. The molecule has 1 fully saturated rings. The van der Waals surface area contributed by atoms with Gasteiger partial charge in [0.1, 0.15) is 5.52 Å². The number of hydrogen-bond donors (Lipinski definition) is 0. The first kappa shape index (κ1) is 21.8. The molecule has 4 heterocycles. The Bertz CT molecular complexity index is 1400. The minimum absolute atomic E-state index is 0.316. The van der Waals surface area contributed by atoms with Crippen molar-refractivity contribution in [2.24, 2.45) is 14.1 Å². The second-order valence-corrected chi connectivity index (χ2v) is 9.53. The zero-order valence-corrected chi connectivity index (χ0v) is 20.0. The Hall–Kier alpha value is -3.01. The van der Waals surface area contributed by atoms with Crippen molar-refractivity contribution in [2.75, 3.05) is 17.2 Å². The molecule has 9 nitrogen and oxygen atoms in total. The van der Waals surface area contributed by atoms with Gasteiger partial charge in [-0.05, 0) is 37.8 Å². The lowest BCUT2D eigenvalue weighted by Crippen LogP contribution is -2.41. The van der Waals surface area contributed by atoms with Crippen molar-refractivity contribution in [1.82, 2.24) is 23.7 Å². The Labute approximate surface area is 195 Å². The van der Waals surface area contributed by atoms with Gasteiger partial charge in [-0.3, -0.25) is 13.9 Å². The summed E-state index contributed by atoms with van der Waals surface area (Å²) in [6.07, 6.45) is 4.41. The number of aryl methyl sites for hydroxylation is 2. The van der Waals surface area contributed by atoms with Gasteiger partial charge in [-0.25, -0.2) is 9.78 Å². The van der Waals surface area contributed by atoms with E-state index in [1.807, 2.05) is 28.8 Å². The van der Waals surface area contributed by atoms with Gasteiger partial charge in [-0.15, -0.1) is 0 Å². The predicted molar refractivity (Wildman–Crippen MR) is 130 cm³/mol. The van der Waals surface area contributed by atoms with E-state index in [2.05, 4.69) is 16.8 Å². The Morgan fingerprint density at radius 3 is 2.73 bits per heavy atom. The van der Waals surface area contributed by atoms with Gasteiger partial charge in [0.15, 0.2) is 16.7 Å². The molecule has 0 spiro atoms. The Morgan fingerprint density at radius 2 is 1.94 bits per heavy atom. The maximum atomic E-state index is 13.2. The summed E-state index contributed by atoms with van der Waals surface area (Å²) in [5.41, 5.74) is 1.81. The van der Waals surface area contributed by atoms with Crippen molar-refractivity contribution in [3.63, 3.8) is 0 Å². The zero-order chi connectivity index (χ0) is 23.1. The lowest BCUT2D eigenvalue weighted by molar-refractivity contribution is 0.438. The van der Waals surface area contributed by atoms with Gasteiger partial charge < -0.3 is 13.9 Å². The lowest BCUT2D eigenvalue weighted by atomic mass is 10.0. The molecule has 10 heteroatoms. The van der Waals surface area contributed by atoms with Crippen LogP contribution in [0.2, 0.25) is 0 Å². The summed E-state index contributed by atoms with van der Waals surface area (Å²) in [5, 5.41) is 0.604. The first-order valence-electron chi connectivity index (χ1n) is 11.4. The van der Waals surface area contributed by atoms with E-state index in [1.54, 1.807) is 7.05 Å². The van der Waals surface area contributed by atoms with Crippen LogP contribution in [-0.4, -0.2) is 42.0 Å². The molecular formula is C23H28N6O3S. The summed E-state index contributed by atoms with van der Waals surface area (Å²) in [4.78, 5) is 37.4. The van der Waals surface area contributed by atoms with Crippen molar-refractivity contribution in [2.45, 2.75) is 50.4 Å². The van der Waals surface area contributed by atoms with Crippen LogP contribution in [-0.2, 0) is 20.6 Å². The summed E-state index contributed by atoms with van der Waals surface area (Å²) in [7, 11) is 3.19. The molecule has 0 unspecified atom stereocenters. The average molecular weight is 469 g/mol. The molecule has 0 amide bonds. The molecule has 0 radical (unpaired) electrons. The monoisotopic (exact) mass is 468 g/mol. The SMILES string of the molecule is CC[C@H]1CCCCN1c1nc2c(c(=O)n(C)c(=O)n2C)n1CCSc1nc2ccccc2o1. The minimum atomic E-state index is -0.366. The molecule has 0 saturated carbocycles. The largest absolute Gasteiger partial charge is 0.431 e. The maximum Gasteiger partial charge on any atom is 0.332 e. The van der Waals surface area contributed by atoms with E-state index in [1.165, 1.54) is 29.8 Å². The standard InChI is InChI=1S/C23H28N6O3S/c1-4-15-9-7-8-12-28(15)21-25-19-18(20(30)27(3)23(31)26(19)2)29(21)13-14-33-22-24-16-10-5-6-11-17(16)32-22/h5-6,10-11,15H,4,7-9,12-14H2,1-3H3/t15-/m0/s1. The van der Waals surface area contributed by atoms with Crippen molar-refractivity contribution >= 4 is 40.0 Å². The van der Waals surface area contributed by atoms with Crippen LogP contribution in [0.15, 0.2) is 43.5 Å². The number of thioether (sulfide) groups is 1. The van der Waals surface area contributed by atoms with Gasteiger partial charge >= 0.3 is 5.69 Å². The second-order valence-electron chi connectivity index (χ2n) is 8.49. The number of aromatic nitrogens is 5. The second kappa shape index (κ2) is 8.74. The molecule has 3 aromatic heterocycles. The van der Waals surface area contributed by atoms with E-state index in [9.17, 15) is 9.59 Å². The quantitative estimate of drug-likeness (QED) is 0.402. The predicted octanol–water partition coefficient (Wildman–Crippen LogP) is 3.14. The number of hydrogen-bond acceptors (Lipinski definition) is 7. The summed E-state index contributed by atoms with van der Waals surface area (Å²) < 4.78 is 10.5. The van der Waals surface area contributed by atoms with Crippen molar-refractivity contribution in [1.29, 1.82) is 0 Å². The fourth-order valence-corrected chi connectivity index (χ4v) is 5.45. The van der Waals surface area contributed by atoms with Gasteiger partial charge in [-0.1, -0.05) is 30.8 Å². The van der Waals surface area contributed by atoms with Gasteiger partial charge in [0, 0.05) is 39.0 Å². The molecule has 0 aliphatic carbocycles. The van der Waals surface area contributed by atoms with Crippen molar-refractivity contribution in [3.8, 4) is 0 Å². The lowest BCUT2D eigenvalue weighted by Gasteiger charge is -2.36. The molecule has 1 atom stereocenters. The minimum Gasteiger partial charge on any atom is -0.431 e. The Balaban J connectivity index is 1.54. The first-order valence-corrected chi connectivity index (χ1v) is 12.4. The van der Waals surface area contributed by atoms with E-state index in [0.717, 1.165) is 47.4 Å². The average Bonchev–Trinajstić information content (AvgIpc) is 3.43. The van der Waals surface area contributed by atoms with Crippen LogP contribution >= 0.6 is 11.8 Å². The van der Waals surface area contributed by atoms with Crippen molar-refractivity contribution < 1.29 is 4.42 Å². The number of imidazole rings is 1. The number of fused-ring (bicyclic) bond motifs is 2. The molecule has 5 rings (SSSR count). The number of para-hydroxylation sites is 2. The van der Waals surface area contributed by atoms with Crippen LogP contribution < -0.4 is 16.1 Å². The van der Waals surface area contributed by atoms with E-state index in [0.29, 0.717) is 34.7 Å². The Kier molecular flexibility index (Phi) is 5.77. The summed E-state index contributed by atoms with van der Waals surface area (Å²) >= 11 is 1.51. The van der Waals surface area contributed by atoms with Crippen LogP contribution in [0, 0.1) is 0 Å². The molecule has 0 N–H and O–H groups in total.